The van der Waals surface area contributed by atoms with Crippen LogP contribution >= 0.6 is 0 Å². The highest BCUT2D eigenvalue weighted by Gasteiger charge is 2.21. The van der Waals surface area contributed by atoms with Crippen molar-refractivity contribution >= 4 is 22.6 Å². The Hall–Kier alpha value is -4.13. The maximum atomic E-state index is 12.7. The molecular formula is C26H27N3O4. The number of para-hydroxylation sites is 1. The zero-order chi connectivity index (χ0) is 23.2. The fourth-order valence-electron chi connectivity index (χ4n) is 3.90. The van der Waals surface area contributed by atoms with Crippen molar-refractivity contribution in [1.29, 1.82) is 0 Å². The van der Waals surface area contributed by atoms with Gasteiger partial charge in [-0.15, -0.1) is 0 Å². The van der Waals surface area contributed by atoms with E-state index in [1.54, 1.807) is 45.6 Å². The molecule has 170 valence electrons. The SMILES string of the molecule is COc1ccc(NC(=O)NC[C@H](c2ccc(OC)c(OC)c2)c2c[nH]c3ccccc23)cc1. The van der Waals surface area contributed by atoms with Crippen LogP contribution in [0, 0.1) is 0 Å². The van der Waals surface area contributed by atoms with Crippen LogP contribution in [0.1, 0.15) is 17.0 Å². The number of amides is 2. The number of ether oxygens (including phenoxy) is 3. The van der Waals surface area contributed by atoms with Gasteiger partial charge in [-0.05, 0) is 53.6 Å². The maximum absolute atomic E-state index is 12.7. The first-order valence-corrected chi connectivity index (χ1v) is 10.6. The van der Waals surface area contributed by atoms with Crippen LogP contribution in [0.15, 0.2) is 72.9 Å². The van der Waals surface area contributed by atoms with Crippen LogP contribution in [0.25, 0.3) is 10.9 Å². The number of urea groups is 1. The summed E-state index contributed by atoms with van der Waals surface area (Å²) in [5, 5.41) is 6.98. The molecular weight excluding hydrogens is 418 g/mol. The van der Waals surface area contributed by atoms with Gasteiger partial charge in [-0.1, -0.05) is 24.3 Å². The summed E-state index contributed by atoms with van der Waals surface area (Å²) in [6, 6.07) is 20.9. The van der Waals surface area contributed by atoms with E-state index in [0.29, 0.717) is 23.7 Å². The van der Waals surface area contributed by atoms with E-state index in [2.05, 4.69) is 21.7 Å². The summed E-state index contributed by atoms with van der Waals surface area (Å²) in [5.41, 5.74) is 3.81. The molecule has 33 heavy (non-hydrogen) atoms. The third kappa shape index (κ3) is 4.87. The molecule has 2 amide bonds. The number of benzene rings is 3. The van der Waals surface area contributed by atoms with Crippen LogP contribution in [0.5, 0.6) is 17.2 Å². The molecule has 3 aromatic carbocycles. The van der Waals surface area contributed by atoms with E-state index >= 15 is 0 Å². The minimum absolute atomic E-state index is 0.109. The van der Waals surface area contributed by atoms with Crippen molar-refractivity contribution in [2.75, 3.05) is 33.2 Å². The molecule has 4 aromatic rings. The Balaban J connectivity index is 1.59. The number of hydrogen-bond donors (Lipinski definition) is 3. The Kier molecular flexibility index (Phi) is 6.69. The number of anilines is 1. The number of H-pyrrole nitrogens is 1. The topological polar surface area (TPSA) is 84.6 Å². The van der Waals surface area contributed by atoms with Crippen molar-refractivity contribution in [2.45, 2.75) is 5.92 Å². The van der Waals surface area contributed by atoms with Gasteiger partial charge in [0.05, 0.1) is 21.3 Å². The first kappa shape index (κ1) is 22.1. The van der Waals surface area contributed by atoms with Crippen LogP contribution in [-0.2, 0) is 0 Å². The molecule has 0 saturated carbocycles. The summed E-state index contributed by atoms with van der Waals surface area (Å²) in [6.45, 7) is 0.388. The summed E-state index contributed by atoms with van der Waals surface area (Å²) in [6.07, 6.45) is 2.00. The van der Waals surface area contributed by atoms with E-state index in [9.17, 15) is 4.79 Å². The van der Waals surface area contributed by atoms with Crippen molar-refractivity contribution in [3.05, 3.63) is 84.1 Å². The summed E-state index contributed by atoms with van der Waals surface area (Å²) in [7, 11) is 4.83. The van der Waals surface area contributed by atoms with Gasteiger partial charge >= 0.3 is 6.03 Å². The quantitative estimate of drug-likeness (QED) is 0.350. The van der Waals surface area contributed by atoms with Gasteiger partial charge in [0.15, 0.2) is 11.5 Å². The molecule has 0 unspecified atom stereocenters. The number of rotatable bonds is 8. The van der Waals surface area contributed by atoms with Gasteiger partial charge < -0.3 is 29.8 Å². The zero-order valence-corrected chi connectivity index (χ0v) is 18.8. The predicted octanol–water partition coefficient (Wildman–Crippen LogP) is 5.15. The number of carbonyl (C=O) groups excluding carboxylic acids is 1. The molecule has 0 bridgehead atoms. The van der Waals surface area contributed by atoms with Crippen molar-refractivity contribution in [1.82, 2.24) is 10.3 Å². The molecule has 0 fully saturated rings. The van der Waals surface area contributed by atoms with Gasteiger partial charge in [-0.25, -0.2) is 4.79 Å². The van der Waals surface area contributed by atoms with E-state index in [1.807, 2.05) is 42.6 Å². The minimum Gasteiger partial charge on any atom is -0.497 e. The van der Waals surface area contributed by atoms with Gasteiger partial charge in [-0.3, -0.25) is 0 Å². The number of carbonyl (C=O) groups is 1. The third-order valence-corrected chi connectivity index (χ3v) is 5.62. The lowest BCUT2D eigenvalue weighted by Crippen LogP contribution is -2.32. The molecule has 0 aliphatic carbocycles. The number of fused-ring (bicyclic) bond motifs is 1. The minimum atomic E-state index is -0.287. The Morgan fingerprint density at radius 3 is 2.39 bits per heavy atom. The lowest BCUT2D eigenvalue weighted by Gasteiger charge is -2.20. The van der Waals surface area contributed by atoms with Gasteiger partial charge in [0, 0.05) is 35.2 Å². The van der Waals surface area contributed by atoms with E-state index in [1.165, 1.54) is 0 Å². The average Bonchev–Trinajstić information content (AvgIpc) is 3.28. The van der Waals surface area contributed by atoms with E-state index in [4.69, 9.17) is 14.2 Å². The fraction of sp³-hybridized carbons (Fsp3) is 0.192. The maximum Gasteiger partial charge on any atom is 0.319 e. The number of aromatic amines is 1. The lowest BCUT2D eigenvalue weighted by atomic mass is 9.90. The van der Waals surface area contributed by atoms with Gasteiger partial charge in [0.1, 0.15) is 5.75 Å². The fourth-order valence-corrected chi connectivity index (χ4v) is 3.90. The molecule has 1 atom stereocenters. The monoisotopic (exact) mass is 445 g/mol. The molecule has 0 saturated heterocycles. The second-order valence-electron chi connectivity index (χ2n) is 7.52. The highest BCUT2D eigenvalue weighted by atomic mass is 16.5. The van der Waals surface area contributed by atoms with E-state index < -0.39 is 0 Å². The highest BCUT2D eigenvalue weighted by Crippen LogP contribution is 2.35. The third-order valence-electron chi connectivity index (χ3n) is 5.62. The molecule has 3 N–H and O–H groups in total. The summed E-state index contributed by atoms with van der Waals surface area (Å²) in [4.78, 5) is 16.0. The normalized spacial score (nSPS) is 11.6. The molecule has 7 heteroatoms. The second kappa shape index (κ2) is 9.99. The van der Waals surface area contributed by atoms with Crippen LogP contribution in [0.4, 0.5) is 10.5 Å². The Morgan fingerprint density at radius 2 is 1.67 bits per heavy atom. The lowest BCUT2D eigenvalue weighted by molar-refractivity contribution is 0.252. The van der Waals surface area contributed by atoms with Gasteiger partial charge in [0.2, 0.25) is 0 Å². The summed E-state index contributed by atoms with van der Waals surface area (Å²) < 4.78 is 16.1. The summed E-state index contributed by atoms with van der Waals surface area (Å²) >= 11 is 0. The first-order valence-electron chi connectivity index (χ1n) is 10.6. The zero-order valence-electron chi connectivity index (χ0n) is 18.8. The molecule has 4 rings (SSSR count). The number of methoxy groups -OCH3 is 3. The standard InChI is InChI=1S/C26H27N3O4/c1-31-19-11-9-18(10-12-19)29-26(30)28-15-21(17-8-13-24(32-2)25(14-17)33-3)22-16-27-23-7-5-4-6-20(22)23/h4-14,16,21,27H,15H2,1-3H3,(H2,28,29,30)/t21-/m1/s1. The Labute approximate surface area is 192 Å². The summed E-state index contributed by atoms with van der Waals surface area (Å²) in [5.74, 6) is 1.92. The molecule has 1 heterocycles. The van der Waals surface area contributed by atoms with Crippen LogP contribution in [-0.4, -0.2) is 38.9 Å². The van der Waals surface area contributed by atoms with Crippen molar-refractivity contribution in [2.24, 2.45) is 0 Å². The molecule has 0 radical (unpaired) electrons. The van der Waals surface area contributed by atoms with Crippen LogP contribution < -0.4 is 24.8 Å². The van der Waals surface area contributed by atoms with Crippen LogP contribution in [0.2, 0.25) is 0 Å². The molecule has 0 aliphatic rings. The Bertz CT molecular complexity index is 1230. The highest BCUT2D eigenvalue weighted by molar-refractivity contribution is 5.89. The Morgan fingerprint density at radius 1 is 0.909 bits per heavy atom. The largest absolute Gasteiger partial charge is 0.497 e. The number of aromatic nitrogens is 1. The molecule has 0 aliphatic heterocycles. The number of hydrogen-bond acceptors (Lipinski definition) is 4. The molecule has 1 aromatic heterocycles. The van der Waals surface area contributed by atoms with E-state index in [-0.39, 0.29) is 11.9 Å². The molecule has 0 spiro atoms. The average molecular weight is 446 g/mol. The van der Waals surface area contributed by atoms with Crippen molar-refractivity contribution < 1.29 is 19.0 Å². The molecule has 7 nitrogen and oxygen atoms in total. The number of nitrogens with one attached hydrogen (secondary N) is 3. The second-order valence-corrected chi connectivity index (χ2v) is 7.52. The van der Waals surface area contributed by atoms with Gasteiger partial charge in [-0.2, -0.15) is 0 Å². The van der Waals surface area contributed by atoms with Crippen molar-refractivity contribution in [3.8, 4) is 17.2 Å². The van der Waals surface area contributed by atoms with Crippen molar-refractivity contribution in [3.63, 3.8) is 0 Å². The smallest absolute Gasteiger partial charge is 0.319 e. The van der Waals surface area contributed by atoms with E-state index in [0.717, 1.165) is 27.8 Å². The predicted molar refractivity (Wildman–Crippen MR) is 130 cm³/mol. The van der Waals surface area contributed by atoms with Crippen LogP contribution in [0.3, 0.4) is 0 Å². The van der Waals surface area contributed by atoms with Gasteiger partial charge in [0.25, 0.3) is 0 Å². The first-order chi connectivity index (χ1) is 16.1.